The molecule has 2 N–H and O–H groups in total. The van der Waals surface area contributed by atoms with Crippen molar-refractivity contribution in [3.05, 3.63) is 107 Å². The number of pyridine rings is 1. The Labute approximate surface area is 184 Å². The summed E-state index contributed by atoms with van der Waals surface area (Å²) in [5.74, 6) is 1.04. The third-order valence-corrected chi connectivity index (χ3v) is 5.20. The molecule has 0 unspecified atom stereocenters. The molecule has 5 nitrogen and oxygen atoms in total. The van der Waals surface area contributed by atoms with Crippen LogP contribution in [0.4, 0.5) is 0 Å². The number of rotatable bonds is 10. The smallest absolute Gasteiger partial charge is 0.250 e. The van der Waals surface area contributed by atoms with Gasteiger partial charge in [0.2, 0.25) is 5.56 Å². The normalized spacial score (nSPS) is 11.5. The fourth-order valence-corrected chi connectivity index (χ4v) is 3.56. The number of hydrogen-bond acceptors (Lipinski definition) is 2. The van der Waals surface area contributed by atoms with E-state index >= 15 is 0 Å². The van der Waals surface area contributed by atoms with E-state index in [-0.39, 0.29) is 11.5 Å². The predicted molar refractivity (Wildman–Crippen MR) is 129 cm³/mol. The molecule has 0 atom stereocenters. The molecule has 0 aliphatic heterocycles. The van der Waals surface area contributed by atoms with E-state index in [0.717, 1.165) is 38.4 Å². The van der Waals surface area contributed by atoms with Crippen LogP contribution < -0.4 is 16.2 Å². The predicted octanol–water partition coefficient (Wildman–Crippen LogP) is 4.02. The van der Waals surface area contributed by atoms with Gasteiger partial charge in [-0.15, -0.1) is 0 Å². The fraction of sp³-hybridized carbons (Fsp3) is 0.308. The average molecular weight is 417 g/mol. The summed E-state index contributed by atoms with van der Waals surface area (Å²) >= 11 is 0. The summed E-state index contributed by atoms with van der Waals surface area (Å²) in [6, 6.07) is 26.3. The summed E-state index contributed by atoms with van der Waals surface area (Å²) in [4.78, 5) is 16.7. The fourth-order valence-electron chi connectivity index (χ4n) is 3.56. The average Bonchev–Trinajstić information content (AvgIpc) is 2.81. The van der Waals surface area contributed by atoms with Gasteiger partial charge in [-0.1, -0.05) is 66.7 Å². The van der Waals surface area contributed by atoms with Crippen molar-refractivity contribution < 1.29 is 0 Å². The summed E-state index contributed by atoms with van der Waals surface area (Å²) in [5.41, 5.74) is 2.58. The zero-order chi connectivity index (χ0) is 21.7. The second-order valence-electron chi connectivity index (χ2n) is 7.46. The van der Waals surface area contributed by atoms with E-state index in [0.29, 0.717) is 6.54 Å². The highest BCUT2D eigenvalue weighted by Crippen LogP contribution is 2.24. The molecule has 0 spiro atoms. The molecule has 3 rings (SSSR count). The van der Waals surface area contributed by atoms with Crippen LogP contribution in [-0.4, -0.2) is 30.2 Å². The molecule has 31 heavy (non-hydrogen) atoms. The topological polar surface area (TPSA) is 58.4 Å². The number of nitrogens with one attached hydrogen (secondary N) is 2. The van der Waals surface area contributed by atoms with Crippen molar-refractivity contribution in [2.24, 2.45) is 4.99 Å². The van der Waals surface area contributed by atoms with Crippen LogP contribution in [0.3, 0.4) is 0 Å². The van der Waals surface area contributed by atoms with E-state index < -0.39 is 0 Å². The molecule has 0 amide bonds. The van der Waals surface area contributed by atoms with Gasteiger partial charge >= 0.3 is 0 Å². The van der Waals surface area contributed by atoms with Gasteiger partial charge in [-0.2, -0.15) is 0 Å². The van der Waals surface area contributed by atoms with Gasteiger partial charge in [-0.05, 0) is 37.0 Å². The van der Waals surface area contributed by atoms with Crippen molar-refractivity contribution in [2.45, 2.75) is 32.2 Å². The van der Waals surface area contributed by atoms with E-state index in [4.69, 9.17) is 4.99 Å². The number of benzene rings is 2. The lowest BCUT2D eigenvalue weighted by molar-refractivity contribution is 0.585. The van der Waals surface area contributed by atoms with Crippen LogP contribution in [-0.2, 0) is 6.54 Å². The molecular weight excluding hydrogens is 384 g/mol. The highest BCUT2D eigenvalue weighted by atomic mass is 16.1. The van der Waals surface area contributed by atoms with Crippen molar-refractivity contribution in [1.82, 2.24) is 15.2 Å². The monoisotopic (exact) mass is 416 g/mol. The van der Waals surface area contributed by atoms with E-state index in [1.54, 1.807) is 16.7 Å². The van der Waals surface area contributed by atoms with Gasteiger partial charge in [-0.25, -0.2) is 0 Å². The maximum absolute atomic E-state index is 11.8. The van der Waals surface area contributed by atoms with Gasteiger partial charge in [0.25, 0.3) is 0 Å². The Morgan fingerprint density at radius 2 is 1.52 bits per heavy atom. The highest BCUT2D eigenvalue weighted by Gasteiger charge is 2.13. The number of hydrogen-bond donors (Lipinski definition) is 2. The number of aromatic nitrogens is 1. The van der Waals surface area contributed by atoms with Crippen LogP contribution in [0.15, 0.2) is 94.8 Å². The highest BCUT2D eigenvalue weighted by molar-refractivity contribution is 5.79. The standard InChI is InChI=1S/C26H32N4O/c1-2-27-26(28-18-10-12-20-30-19-11-9-17-25(30)31)29-21-24(22-13-5-3-6-14-22)23-15-7-4-8-16-23/h3-9,11,13-17,19,24H,2,10,12,18,20-21H2,1H3,(H2,27,28,29). The molecule has 0 saturated heterocycles. The van der Waals surface area contributed by atoms with E-state index in [1.165, 1.54) is 11.1 Å². The van der Waals surface area contributed by atoms with E-state index in [2.05, 4.69) is 66.1 Å². The maximum Gasteiger partial charge on any atom is 0.250 e. The van der Waals surface area contributed by atoms with Gasteiger partial charge in [0.15, 0.2) is 5.96 Å². The molecule has 3 aromatic rings. The lowest BCUT2D eigenvalue weighted by atomic mass is 9.91. The number of aliphatic imine (C=N–C) groups is 1. The molecule has 0 fully saturated rings. The summed E-state index contributed by atoms with van der Waals surface area (Å²) < 4.78 is 1.75. The van der Waals surface area contributed by atoms with Gasteiger partial charge in [0.1, 0.15) is 0 Å². The van der Waals surface area contributed by atoms with Crippen molar-refractivity contribution in [1.29, 1.82) is 0 Å². The third-order valence-electron chi connectivity index (χ3n) is 5.20. The summed E-state index contributed by atoms with van der Waals surface area (Å²) in [6.45, 7) is 5.11. The zero-order valence-corrected chi connectivity index (χ0v) is 18.2. The number of guanidine groups is 1. The van der Waals surface area contributed by atoms with Crippen LogP contribution in [0.5, 0.6) is 0 Å². The summed E-state index contributed by atoms with van der Waals surface area (Å²) in [6.07, 6.45) is 3.74. The molecule has 0 saturated carbocycles. The molecule has 2 aromatic carbocycles. The number of unbranched alkanes of at least 4 members (excludes halogenated alkanes) is 1. The minimum Gasteiger partial charge on any atom is -0.357 e. The lowest BCUT2D eigenvalue weighted by Crippen LogP contribution is -2.38. The minimum atomic E-state index is 0.0539. The number of nitrogens with zero attached hydrogens (tertiary/aromatic N) is 2. The van der Waals surface area contributed by atoms with Crippen molar-refractivity contribution in [2.75, 3.05) is 19.6 Å². The molecule has 0 aliphatic rings. The van der Waals surface area contributed by atoms with E-state index in [9.17, 15) is 4.79 Å². The van der Waals surface area contributed by atoms with Crippen LogP contribution >= 0.6 is 0 Å². The first-order chi connectivity index (χ1) is 15.3. The Balaban J connectivity index is 1.58. The van der Waals surface area contributed by atoms with Crippen LogP contribution in [0.2, 0.25) is 0 Å². The second-order valence-corrected chi connectivity index (χ2v) is 7.46. The quantitative estimate of drug-likeness (QED) is 0.298. The first-order valence-corrected chi connectivity index (χ1v) is 11.1. The van der Waals surface area contributed by atoms with Gasteiger partial charge in [0.05, 0.1) is 6.54 Å². The molecular formula is C26H32N4O. The molecule has 1 heterocycles. The number of aryl methyl sites for hydroxylation is 1. The summed E-state index contributed by atoms with van der Waals surface area (Å²) in [5, 5.41) is 6.77. The maximum atomic E-state index is 11.8. The van der Waals surface area contributed by atoms with E-state index in [1.807, 2.05) is 24.4 Å². The Hall–Kier alpha value is -3.34. The Morgan fingerprint density at radius 1 is 0.871 bits per heavy atom. The van der Waals surface area contributed by atoms with Crippen molar-refractivity contribution in [3.8, 4) is 0 Å². The SMILES string of the molecule is CCNC(=NCC(c1ccccc1)c1ccccc1)NCCCCn1ccccc1=O. The van der Waals surface area contributed by atoms with Gasteiger partial charge < -0.3 is 15.2 Å². The van der Waals surface area contributed by atoms with Crippen molar-refractivity contribution in [3.63, 3.8) is 0 Å². The molecule has 0 radical (unpaired) electrons. The molecule has 5 heteroatoms. The molecule has 162 valence electrons. The Bertz CT molecular complexity index is 943. The lowest BCUT2D eigenvalue weighted by Gasteiger charge is -2.18. The second kappa shape index (κ2) is 12.4. The Morgan fingerprint density at radius 3 is 2.13 bits per heavy atom. The molecule has 0 bridgehead atoms. The summed E-state index contributed by atoms with van der Waals surface area (Å²) in [7, 11) is 0. The van der Waals surface area contributed by atoms with Crippen LogP contribution in [0, 0.1) is 0 Å². The minimum absolute atomic E-state index is 0.0539. The first-order valence-electron chi connectivity index (χ1n) is 11.1. The largest absolute Gasteiger partial charge is 0.357 e. The molecule has 0 aliphatic carbocycles. The molecule has 1 aromatic heterocycles. The van der Waals surface area contributed by atoms with Crippen molar-refractivity contribution >= 4 is 5.96 Å². The van der Waals surface area contributed by atoms with Crippen LogP contribution in [0.25, 0.3) is 0 Å². The zero-order valence-electron chi connectivity index (χ0n) is 18.2. The van der Waals surface area contributed by atoms with Gasteiger partial charge in [0, 0.05) is 37.8 Å². The van der Waals surface area contributed by atoms with Gasteiger partial charge in [-0.3, -0.25) is 9.79 Å². The third kappa shape index (κ3) is 7.14. The Kier molecular flexibility index (Phi) is 8.92. The first kappa shape index (κ1) is 22.3. The van der Waals surface area contributed by atoms with Crippen LogP contribution in [0.1, 0.15) is 36.8 Å².